The highest BCUT2D eigenvalue weighted by atomic mass is 16.4. The summed E-state index contributed by atoms with van der Waals surface area (Å²) in [7, 11) is 0. The number of aliphatic carboxylic acids is 1. The van der Waals surface area contributed by atoms with Crippen LogP contribution in [0.1, 0.15) is 11.1 Å². The summed E-state index contributed by atoms with van der Waals surface area (Å²) in [5.74, 6) is -0.859. The first-order chi connectivity index (χ1) is 7.74. The molecule has 1 heterocycles. The Kier molecular flexibility index (Phi) is 1.68. The van der Waals surface area contributed by atoms with Gasteiger partial charge in [-0.1, -0.05) is 36.4 Å². The molecule has 4 nitrogen and oxygen atoms in total. The average Bonchev–Trinajstić information content (AvgIpc) is 2.74. The van der Waals surface area contributed by atoms with E-state index in [2.05, 4.69) is 10.5 Å². The van der Waals surface area contributed by atoms with Gasteiger partial charge in [0.15, 0.2) is 0 Å². The van der Waals surface area contributed by atoms with E-state index in [0.717, 1.165) is 11.1 Å². The highest BCUT2D eigenvalue weighted by molar-refractivity contribution is 6.21. The van der Waals surface area contributed by atoms with Crippen molar-refractivity contribution in [2.75, 3.05) is 6.54 Å². The number of carboxylic acids is 1. The van der Waals surface area contributed by atoms with Crippen molar-refractivity contribution >= 4 is 17.8 Å². The predicted octanol–water partition coefficient (Wildman–Crippen LogP) is 1.09. The Bertz CT molecular complexity index is 534. The molecule has 80 valence electrons. The van der Waals surface area contributed by atoms with E-state index in [-0.39, 0.29) is 0 Å². The number of rotatable bonds is 1. The maximum Gasteiger partial charge on any atom is 0.321 e. The van der Waals surface area contributed by atoms with Crippen molar-refractivity contribution in [3.05, 3.63) is 41.5 Å². The minimum absolute atomic E-state index is 0.322. The average molecular weight is 214 g/mol. The molecule has 16 heavy (non-hydrogen) atoms. The first-order valence-corrected chi connectivity index (χ1v) is 5.07. The van der Waals surface area contributed by atoms with E-state index in [1.807, 2.05) is 30.3 Å². The fourth-order valence-corrected chi connectivity index (χ4v) is 2.20. The van der Waals surface area contributed by atoms with Crippen LogP contribution in [0.25, 0.3) is 6.08 Å². The van der Waals surface area contributed by atoms with Gasteiger partial charge in [0, 0.05) is 5.56 Å². The molecule has 2 aliphatic rings. The predicted molar refractivity (Wildman–Crippen MR) is 60.1 cm³/mol. The van der Waals surface area contributed by atoms with Crippen LogP contribution in [0.2, 0.25) is 0 Å². The second-order valence-electron chi connectivity index (χ2n) is 3.99. The first kappa shape index (κ1) is 9.15. The minimum atomic E-state index is -0.992. The van der Waals surface area contributed by atoms with Gasteiger partial charge in [0.05, 0.1) is 12.3 Å². The Morgan fingerprint density at radius 3 is 3.06 bits per heavy atom. The molecular weight excluding hydrogens is 204 g/mol. The number of nitrogens with one attached hydrogen (secondary N) is 1. The number of fused-ring (bicyclic) bond motifs is 3. The Labute approximate surface area is 92.3 Å². The van der Waals surface area contributed by atoms with Gasteiger partial charge in [-0.2, -0.15) is 5.10 Å². The molecule has 3 rings (SSSR count). The van der Waals surface area contributed by atoms with Gasteiger partial charge in [0.2, 0.25) is 0 Å². The molecule has 1 aliphatic heterocycles. The second kappa shape index (κ2) is 2.95. The summed E-state index contributed by atoms with van der Waals surface area (Å²) in [5, 5.41) is 13.5. The summed E-state index contributed by atoms with van der Waals surface area (Å²) in [6.45, 7) is 0.322. The maximum absolute atomic E-state index is 11.4. The smallest absolute Gasteiger partial charge is 0.321 e. The molecule has 1 atom stereocenters. The van der Waals surface area contributed by atoms with Crippen molar-refractivity contribution in [1.82, 2.24) is 5.43 Å². The Morgan fingerprint density at radius 2 is 2.25 bits per heavy atom. The van der Waals surface area contributed by atoms with E-state index in [9.17, 15) is 9.90 Å². The monoisotopic (exact) mass is 214 g/mol. The summed E-state index contributed by atoms with van der Waals surface area (Å²) >= 11 is 0. The van der Waals surface area contributed by atoms with E-state index in [0.29, 0.717) is 12.3 Å². The molecular formula is C12H10N2O2. The highest BCUT2D eigenvalue weighted by Crippen LogP contribution is 2.35. The van der Waals surface area contributed by atoms with Gasteiger partial charge in [0.25, 0.3) is 0 Å². The van der Waals surface area contributed by atoms with Gasteiger partial charge < -0.3 is 10.5 Å². The summed E-state index contributed by atoms with van der Waals surface area (Å²) in [6, 6.07) is 7.69. The third-order valence-electron chi connectivity index (χ3n) is 3.12. The molecule has 1 aromatic rings. The van der Waals surface area contributed by atoms with E-state index in [1.165, 1.54) is 0 Å². The Hall–Kier alpha value is -2.10. The molecule has 2 N–H and O–H groups in total. The molecule has 1 aliphatic carbocycles. The van der Waals surface area contributed by atoms with Crippen LogP contribution in [0.15, 0.2) is 35.4 Å². The SMILES string of the molecule is O=C(O)C12C=Cc3ccccc3C1=NNC2. The third-order valence-corrected chi connectivity index (χ3v) is 3.12. The molecule has 1 unspecified atom stereocenters. The van der Waals surface area contributed by atoms with Crippen LogP contribution >= 0.6 is 0 Å². The van der Waals surface area contributed by atoms with Crippen LogP contribution in [0.5, 0.6) is 0 Å². The number of benzene rings is 1. The number of hydrogen-bond acceptors (Lipinski definition) is 3. The van der Waals surface area contributed by atoms with Crippen molar-refractivity contribution in [3.8, 4) is 0 Å². The van der Waals surface area contributed by atoms with E-state index in [4.69, 9.17) is 0 Å². The summed E-state index contributed by atoms with van der Waals surface area (Å²) < 4.78 is 0. The van der Waals surface area contributed by atoms with Gasteiger partial charge in [-0.3, -0.25) is 4.79 Å². The van der Waals surface area contributed by atoms with Crippen molar-refractivity contribution in [2.24, 2.45) is 10.5 Å². The Balaban J connectivity index is 2.25. The lowest BCUT2D eigenvalue weighted by atomic mass is 9.75. The molecule has 0 spiro atoms. The largest absolute Gasteiger partial charge is 0.480 e. The topological polar surface area (TPSA) is 61.7 Å². The number of hydrazone groups is 1. The van der Waals surface area contributed by atoms with Crippen molar-refractivity contribution in [1.29, 1.82) is 0 Å². The van der Waals surface area contributed by atoms with Crippen LogP contribution in [0, 0.1) is 5.41 Å². The van der Waals surface area contributed by atoms with Crippen molar-refractivity contribution in [3.63, 3.8) is 0 Å². The fourth-order valence-electron chi connectivity index (χ4n) is 2.20. The van der Waals surface area contributed by atoms with Crippen LogP contribution < -0.4 is 5.43 Å². The normalized spacial score (nSPS) is 25.4. The van der Waals surface area contributed by atoms with Crippen LogP contribution in [0.3, 0.4) is 0 Å². The Morgan fingerprint density at radius 1 is 1.44 bits per heavy atom. The van der Waals surface area contributed by atoms with E-state index in [1.54, 1.807) is 6.08 Å². The summed E-state index contributed by atoms with van der Waals surface area (Å²) in [4.78, 5) is 11.4. The molecule has 0 bridgehead atoms. The third kappa shape index (κ3) is 0.984. The van der Waals surface area contributed by atoms with Crippen molar-refractivity contribution in [2.45, 2.75) is 0 Å². The molecule has 0 amide bonds. The zero-order chi connectivity index (χ0) is 11.2. The second-order valence-corrected chi connectivity index (χ2v) is 3.99. The van der Waals surface area contributed by atoms with E-state index >= 15 is 0 Å². The number of nitrogens with zero attached hydrogens (tertiary/aromatic N) is 1. The van der Waals surface area contributed by atoms with Crippen molar-refractivity contribution < 1.29 is 9.90 Å². The molecule has 0 radical (unpaired) electrons. The standard InChI is InChI=1S/C12H10N2O2/c15-11(16)12-6-5-8-3-1-2-4-9(8)10(12)14-13-7-12/h1-6,13H,7H2,(H,15,16). The van der Waals surface area contributed by atoms with Gasteiger partial charge in [-0.05, 0) is 5.56 Å². The van der Waals surface area contributed by atoms with Crippen LogP contribution in [-0.4, -0.2) is 23.3 Å². The lowest BCUT2D eigenvalue weighted by Gasteiger charge is -2.25. The zero-order valence-corrected chi connectivity index (χ0v) is 8.47. The lowest BCUT2D eigenvalue weighted by molar-refractivity contribution is -0.142. The highest BCUT2D eigenvalue weighted by Gasteiger charge is 2.47. The quantitative estimate of drug-likeness (QED) is 0.735. The first-order valence-electron chi connectivity index (χ1n) is 5.07. The van der Waals surface area contributed by atoms with Gasteiger partial charge >= 0.3 is 5.97 Å². The summed E-state index contributed by atoms with van der Waals surface area (Å²) in [6.07, 6.45) is 3.58. The van der Waals surface area contributed by atoms with E-state index < -0.39 is 11.4 Å². The molecule has 0 aromatic heterocycles. The molecule has 4 heteroatoms. The fraction of sp³-hybridized carbons (Fsp3) is 0.167. The minimum Gasteiger partial charge on any atom is -0.480 e. The van der Waals surface area contributed by atoms with Crippen LogP contribution in [0.4, 0.5) is 0 Å². The molecule has 0 fully saturated rings. The number of carboxylic acid groups (broad SMARTS) is 1. The zero-order valence-electron chi connectivity index (χ0n) is 8.47. The van der Waals surface area contributed by atoms with Gasteiger partial charge in [0.1, 0.15) is 5.41 Å². The van der Waals surface area contributed by atoms with Gasteiger partial charge in [-0.25, -0.2) is 0 Å². The lowest BCUT2D eigenvalue weighted by Crippen LogP contribution is -2.41. The number of carbonyl (C=O) groups is 1. The molecule has 1 aromatic carbocycles. The summed E-state index contributed by atoms with van der Waals surface area (Å²) in [5.41, 5.74) is 4.32. The molecule has 0 saturated carbocycles. The molecule has 0 saturated heterocycles. The van der Waals surface area contributed by atoms with Crippen LogP contribution in [-0.2, 0) is 4.79 Å². The maximum atomic E-state index is 11.4. The van der Waals surface area contributed by atoms with Gasteiger partial charge in [-0.15, -0.1) is 0 Å². The number of hydrogen-bond donors (Lipinski definition) is 2.